The number of unbranched alkanes of at least 4 members (excludes halogenated alkanes) is 19. The number of phosphoric acid groups is 2. The number of carbonyl (C=O) groups is 4. The van der Waals surface area contributed by atoms with Crippen molar-refractivity contribution in [3.8, 4) is 0 Å². The molecule has 0 aromatic carbocycles. The minimum atomic E-state index is -5.01. The summed E-state index contributed by atoms with van der Waals surface area (Å²) in [4.78, 5) is 73.1. The largest absolute Gasteiger partial charge is 0.472 e. The summed E-state index contributed by atoms with van der Waals surface area (Å²) in [5.41, 5.74) is 0. The number of hydrogen-bond donors (Lipinski definition) is 3. The van der Waals surface area contributed by atoms with Crippen LogP contribution in [0.5, 0.6) is 0 Å². The van der Waals surface area contributed by atoms with Gasteiger partial charge in [-0.05, 0) is 167 Å². The Labute approximate surface area is 654 Å². The first-order valence-electron chi connectivity index (χ1n) is 41.0. The molecule has 0 fully saturated rings. The molecule has 5 atom stereocenters. The van der Waals surface area contributed by atoms with Gasteiger partial charge in [-0.15, -0.1) is 0 Å². The molecule has 0 aliphatic carbocycles. The molecule has 0 aromatic rings. The highest BCUT2D eigenvalue weighted by Crippen LogP contribution is 2.45. The lowest BCUT2D eigenvalue weighted by Gasteiger charge is -2.21. The van der Waals surface area contributed by atoms with Crippen LogP contribution in [0.1, 0.15) is 297 Å². The molecule has 0 heterocycles. The summed E-state index contributed by atoms with van der Waals surface area (Å²) < 4.78 is 68.6. The Morgan fingerprint density at radius 3 is 0.815 bits per heavy atom. The van der Waals surface area contributed by atoms with Crippen molar-refractivity contribution in [2.75, 3.05) is 39.6 Å². The first kappa shape index (κ1) is 102. The molecule has 17 nitrogen and oxygen atoms in total. The fourth-order valence-corrected chi connectivity index (χ4v) is 11.8. The Morgan fingerprint density at radius 1 is 0.269 bits per heavy atom. The van der Waals surface area contributed by atoms with Crippen LogP contribution >= 0.6 is 15.6 Å². The molecule has 108 heavy (non-hydrogen) atoms. The maximum atomic E-state index is 13.1. The number of aliphatic hydroxyl groups excluding tert-OH is 1. The summed E-state index contributed by atoms with van der Waals surface area (Å²) in [7, 11) is -10.0. The van der Waals surface area contributed by atoms with Crippen LogP contribution in [0.25, 0.3) is 0 Å². The molecule has 0 spiro atoms. The third-order valence-electron chi connectivity index (χ3n) is 16.4. The summed E-state index contributed by atoms with van der Waals surface area (Å²) in [5.74, 6) is -2.35. The molecule has 0 bridgehead atoms. The molecule has 612 valence electrons. The summed E-state index contributed by atoms with van der Waals surface area (Å²) in [6, 6.07) is 0. The number of allylic oxidation sites excluding steroid dienone is 30. The zero-order chi connectivity index (χ0) is 78.9. The smallest absolute Gasteiger partial charge is 0.462 e. The van der Waals surface area contributed by atoms with Crippen molar-refractivity contribution in [3.05, 3.63) is 182 Å². The van der Waals surface area contributed by atoms with Crippen molar-refractivity contribution in [2.24, 2.45) is 0 Å². The fourth-order valence-electron chi connectivity index (χ4n) is 10.2. The van der Waals surface area contributed by atoms with Crippen LogP contribution in [-0.4, -0.2) is 96.7 Å². The Hall–Kier alpha value is -5.84. The lowest BCUT2D eigenvalue weighted by Crippen LogP contribution is -2.30. The van der Waals surface area contributed by atoms with Gasteiger partial charge in [-0.25, -0.2) is 9.13 Å². The minimum absolute atomic E-state index is 0.0250. The van der Waals surface area contributed by atoms with E-state index in [1.807, 2.05) is 18.2 Å². The molecule has 0 saturated carbocycles. The Bertz CT molecular complexity index is 2760. The molecule has 0 aromatic heterocycles. The van der Waals surface area contributed by atoms with Crippen LogP contribution in [0, 0.1) is 0 Å². The molecule has 0 aliphatic heterocycles. The monoisotopic (exact) mass is 1550 g/mol. The number of phosphoric ester groups is 2. The van der Waals surface area contributed by atoms with Gasteiger partial charge in [0.15, 0.2) is 12.2 Å². The van der Waals surface area contributed by atoms with Gasteiger partial charge in [-0.2, -0.15) is 0 Å². The van der Waals surface area contributed by atoms with E-state index in [9.17, 15) is 43.2 Å². The maximum absolute atomic E-state index is 13.1. The van der Waals surface area contributed by atoms with E-state index in [1.165, 1.54) is 38.5 Å². The van der Waals surface area contributed by atoms with Gasteiger partial charge in [0.05, 0.1) is 26.4 Å². The number of rotatable bonds is 75. The van der Waals surface area contributed by atoms with E-state index in [4.69, 9.17) is 37.0 Å². The van der Waals surface area contributed by atoms with E-state index >= 15 is 0 Å². The van der Waals surface area contributed by atoms with Crippen LogP contribution in [0.3, 0.4) is 0 Å². The molecular formula is C89H144O17P2. The third-order valence-corrected chi connectivity index (χ3v) is 18.3. The van der Waals surface area contributed by atoms with Gasteiger partial charge < -0.3 is 33.8 Å². The Morgan fingerprint density at radius 2 is 0.500 bits per heavy atom. The van der Waals surface area contributed by atoms with Gasteiger partial charge in [-0.1, -0.05) is 287 Å². The van der Waals surface area contributed by atoms with Crippen molar-refractivity contribution in [3.63, 3.8) is 0 Å². The highest BCUT2D eigenvalue weighted by atomic mass is 31.2. The first-order valence-corrected chi connectivity index (χ1v) is 44.0. The quantitative estimate of drug-likeness (QED) is 0.0169. The second-order valence-electron chi connectivity index (χ2n) is 26.6. The Balaban J connectivity index is 5.49. The predicted octanol–water partition coefficient (Wildman–Crippen LogP) is 24.3. The molecule has 5 unspecified atom stereocenters. The van der Waals surface area contributed by atoms with Gasteiger partial charge in [0.25, 0.3) is 0 Å². The summed E-state index contributed by atoms with van der Waals surface area (Å²) in [6.45, 7) is 4.37. The zero-order valence-electron chi connectivity index (χ0n) is 66.9. The van der Waals surface area contributed by atoms with E-state index in [0.29, 0.717) is 32.1 Å². The third kappa shape index (κ3) is 78.3. The lowest BCUT2D eigenvalue weighted by atomic mass is 10.1. The van der Waals surface area contributed by atoms with E-state index in [-0.39, 0.29) is 25.7 Å². The highest BCUT2D eigenvalue weighted by molar-refractivity contribution is 7.47. The first-order chi connectivity index (χ1) is 52.7. The maximum Gasteiger partial charge on any atom is 0.472 e. The van der Waals surface area contributed by atoms with Gasteiger partial charge in [0, 0.05) is 25.7 Å². The van der Waals surface area contributed by atoms with E-state index < -0.39 is 97.5 Å². The number of aliphatic hydroxyl groups is 1. The number of ether oxygens (including phenoxy) is 4. The second-order valence-corrected chi connectivity index (χ2v) is 29.5. The standard InChI is InChI=1S/C89H144O17P2/c1-5-9-13-17-21-25-29-33-37-39-41-43-47-49-53-57-61-65-69-73-86(91)99-79-84(105-88(93)75-71-67-63-59-55-51-45-35-31-27-23-19-15-11-7-3)81-103-107(95,96)101-77-83(90)78-102-108(97,98)104-82-85(106-89(94)76-72-68-64-60-56-52-46-36-32-28-24-20-16-12-8-4)80-100-87(92)74-70-66-62-58-54-50-48-44-42-40-38-34-30-26-22-18-14-10-6-2/h9-11,13-15,21-23,25-27,33-38,41-46,49-50,53-54,61,65,83-85,90H,5-8,12,16-20,24,28-32,39-40,47-48,51-52,55-60,62-64,66-82H2,1-4H3,(H,95,96)(H,97,98)/b13-9-,14-10-,15-11-,25-21-,26-22-,27-23-,37-33-,38-34-,43-41-,44-42-,45-35-,46-36-,53-49-,54-50-,65-61-. The van der Waals surface area contributed by atoms with E-state index in [1.54, 1.807) is 0 Å². The molecule has 19 heteroatoms. The molecular weight excluding hydrogens is 1400 g/mol. The number of carbonyl (C=O) groups excluding carboxylic acids is 4. The highest BCUT2D eigenvalue weighted by Gasteiger charge is 2.30. The average molecular weight is 1550 g/mol. The van der Waals surface area contributed by atoms with E-state index in [0.717, 1.165) is 173 Å². The van der Waals surface area contributed by atoms with Crippen LogP contribution < -0.4 is 0 Å². The number of esters is 4. The Kier molecular flexibility index (Phi) is 75.0. The van der Waals surface area contributed by atoms with Crippen molar-refractivity contribution < 1.29 is 80.2 Å². The van der Waals surface area contributed by atoms with Gasteiger partial charge in [-0.3, -0.25) is 37.3 Å². The minimum Gasteiger partial charge on any atom is -0.462 e. The SMILES string of the molecule is CC/C=C\C/C=C\C/C=C\C/C=C\C/C=C\C/C=C\CCC(=O)OCC(COP(=O)(O)OCC(O)COP(=O)(O)OCC(COC(=O)CCCCC/C=C\C/C=C\C/C=C\C/C=C\C/C=C\CC)OC(=O)CCCCCCC/C=C\CCCCCCCC)OC(=O)CCCCCCC/C=C\C/C=C\C/C=C\CC. The molecule has 0 rings (SSSR count). The summed E-state index contributed by atoms with van der Waals surface area (Å²) in [6.07, 6.45) is 95.9. The van der Waals surface area contributed by atoms with Gasteiger partial charge in [0.2, 0.25) is 0 Å². The van der Waals surface area contributed by atoms with Crippen molar-refractivity contribution in [1.82, 2.24) is 0 Å². The topological polar surface area (TPSA) is 237 Å². The van der Waals surface area contributed by atoms with Gasteiger partial charge >= 0.3 is 39.5 Å². The van der Waals surface area contributed by atoms with Crippen molar-refractivity contribution in [1.29, 1.82) is 0 Å². The van der Waals surface area contributed by atoms with Gasteiger partial charge in [0.1, 0.15) is 19.3 Å². The van der Waals surface area contributed by atoms with Crippen molar-refractivity contribution in [2.45, 2.75) is 316 Å². The summed E-state index contributed by atoms with van der Waals surface area (Å²) >= 11 is 0. The number of hydrogen-bond acceptors (Lipinski definition) is 15. The van der Waals surface area contributed by atoms with Crippen LogP contribution in [0.4, 0.5) is 0 Å². The normalized spacial score (nSPS) is 14.8. The predicted molar refractivity (Wildman–Crippen MR) is 445 cm³/mol. The zero-order valence-corrected chi connectivity index (χ0v) is 68.7. The lowest BCUT2D eigenvalue weighted by molar-refractivity contribution is -0.161. The molecule has 0 amide bonds. The molecule has 0 radical (unpaired) electrons. The fraction of sp³-hybridized carbons (Fsp3) is 0.618. The van der Waals surface area contributed by atoms with Crippen molar-refractivity contribution >= 4 is 39.5 Å². The molecule has 0 aliphatic rings. The average Bonchev–Trinajstić information content (AvgIpc) is 0.923. The summed E-state index contributed by atoms with van der Waals surface area (Å²) in [5, 5.41) is 10.7. The molecule has 0 saturated heterocycles. The molecule has 3 N–H and O–H groups in total. The van der Waals surface area contributed by atoms with Crippen LogP contribution in [-0.2, 0) is 65.4 Å². The van der Waals surface area contributed by atoms with Crippen LogP contribution in [0.15, 0.2) is 182 Å². The van der Waals surface area contributed by atoms with E-state index in [2.05, 4.69) is 192 Å². The second kappa shape index (κ2) is 79.3. The van der Waals surface area contributed by atoms with Crippen LogP contribution in [0.2, 0.25) is 0 Å².